The van der Waals surface area contributed by atoms with Crippen LogP contribution in [0.25, 0.3) is 0 Å². The lowest BCUT2D eigenvalue weighted by Gasteiger charge is -2.25. The van der Waals surface area contributed by atoms with Gasteiger partial charge in [0.1, 0.15) is 11.6 Å². The molecule has 0 N–H and O–H groups in total. The molecule has 2 rings (SSSR count). The smallest absolute Gasteiger partial charge is 0.414 e. The maximum absolute atomic E-state index is 13.6. The van der Waals surface area contributed by atoms with Crippen molar-refractivity contribution < 1.29 is 23.0 Å². The van der Waals surface area contributed by atoms with Gasteiger partial charge in [0.05, 0.1) is 6.61 Å². The molecule has 2 aromatic rings. The first-order chi connectivity index (χ1) is 12.8. The van der Waals surface area contributed by atoms with Crippen molar-refractivity contribution in [3.05, 3.63) is 59.7 Å². The van der Waals surface area contributed by atoms with Crippen LogP contribution in [0.15, 0.2) is 42.5 Å². The Balaban J connectivity index is 0.00000392. The van der Waals surface area contributed by atoms with Gasteiger partial charge < -0.3 is 19.3 Å². The van der Waals surface area contributed by atoms with Gasteiger partial charge in [0.2, 0.25) is 0 Å². The zero-order valence-corrected chi connectivity index (χ0v) is 17.1. The van der Waals surface area contributed by atoms with Gasteiger partial charge in [-0.2, -0.15) is 0 Å². The monoisotopic (exact) mass is 414 g/mol. The third kappa shape index (κ3) is 6.65. The minimum atomic E-state index is -0.719. The van der Waals surface area contributed by atoms with Crippen molar-refractivity contribution in [2.75, 3.05) is 34.8 Å². The van der Waals surface area contributed by atoms with Crippen LogP contribution < -0.4 is 9.47 Å². The molecule has 2 aromatic carbocycles. The Bertz CT molecular complexity index is 771. The molecule has 0 radical (unpaired) electrons. The fourth-order valence-electron chi connectivity index (χ4n) is 2.55. The number of nitrogens with zero attached hydrogens (tertiary/aromatic N) is 2. The first-order valence-electron chi connectivity index (χ1n) is 8.51. The molecule has 0 spiro atoms. The van der Waals surface area contributed by atoms with Gasteiger partial charge in [0.15, 0.2) is 11.6 Å². The van der Waals surface area contributed by atoms with Crippen LogP contribution in [0.2, 0.25) is 0 Å². The average molecular weight is 415 g/mol. The molecule has 1 atom stereocenters. The van der Waals surface area contributed by atoms with E-state index in [-0.39, 0.29) is 30.8 Å². The third-order valence-corrected chi connectivity index (χ3v) is 4.00. The molecule has 28 heavy (non-hydrogen) atoms. The van der Waals surface area contributed by atoms with Gasteiger partial charge in [-0.3, -0.25) is 0 Å². The molecule has 154 valence electrons. The maximum atomic E-state index is 13.6. The molecule has 0 aliphatic rings. The fraction of sp³-hybridized carbons (Fsp3) is 0.350. The van der Waals surface area contributed by atoms with E-state index in [4.69, 9.17) is 9.47 Å². The number of hydrogen-bond donors (Lipinski definition) is 0. The summed E-state index contributed by atoms with van der Waals surface area (Å²) in [6.45, 7) is 0.267. The van der Waals surface area contributed by atoms with E-state index < -0.39 is 17.7 Å². The minimum Gasteiger partial charge on any atom is -0.490 e. The second-order valence-corrected chi connectivity index (χ2v) is 6.52. The molecule has 5 nitrogen and oxygen atoms in total. The summed E-state index contributed by atoms with van der Waals surface area (Å²) >= 11 is 0. The van der Waals surface area contributed by atoms with Crippen LogP contribution in [0.1, 0.15) is 18.0 Å². The number of halogens is 3. The lowest BCUT2D eigenvalue weighted by molar-refractivity contribution is 0.172. The van der Waals surface area contributed by atoms with E-state index in [1.807, 2.05) is 31.1 Å². The summed E-state index contributed by atoms with van der Waals surface area (Å²) in [5.74, 6) is -0.871. The molecular weight excluding hydrogens is 390 g/mol. The summed E-state index contributed by atoms with van der Waals surface area (Å²) in [6, 6.07) is 10.5. The molecule has 8 heteroatoms. The maximum Gasteiger partial charge on any atom is 0.414 e. The molecule has 1 amide bonds. The Morgan fingerprint density at radius 1 is 1.04 bits per heavy atom. The van der Waals surface area contributed by atoms with Crippen LogP contribution in [0, 0.1) is 11.6 Å². The van der Waals surface area contributed by atoms with Crippen LogP contribution >= 0.6 is 12.4 Å². The predicted octanol–water partition coefficient (Wildman–Crippen LogP) is 4.52. The molecule has 0 bridgehead atoms. The number of hydrogen-bond acceptors (Lipinski definition) is 4. The van der Waals surface area contributed by atoms with Crippen LogP contribution in [0.3, 0.4) is 0 Å². The van der Waals surface area contributed by atoms with Crippen molar-refractivity contribution in [3.8, 4) is 11.5 Å². The SMILES string of the molecule is CN(C)C(=O)Oc1ccc(C(CCOc2ccc(F)cc2F)N(C)C)cc1.Cl. The quantitative estimate of drug-likeness (QED) is 0.668. The first-order valence-corrected chi connectivity index (χ1v) is 8.51. The summed E-state index contributed by atoms with van der Waals surface area (Å²) in [4.78, 5) is 15.0. The third-order valence-electron chi connectivity index (χ3n) is 4.00. The Hall–Kier alpha value is -2.38. The molecule has 0 heterocycles. The van der Waals surface area contributed by atoms with Gasteiger partial charge >= 0.3 is 6.09 Å². The molecule has 1 unspecified atom stereocenters. The highest BCUT2D eigenvalue weighted by molar-refractivity contribution is 5.85. The molecule has 0 fully saturated rings. The average Bonchev–Trinajstić information content (AvgIpc) is 2.61. The van der Waals surface area contributed by atoms with E-state index in [2.05, 4.69) is 0 Å². The zero-order chi connectivity index (χ0) is 20.0. The lowest BCUT2D eigenvalue weighted by Crippen LogP contribution is -2.25. The van der Waals surface area contributed by atoms with Gasteiger partial charge in [-0.1, -0.05) is 12.1 Å². The van der Waals surface area contributed by atoms with Gasteiger partial charge in [-0.15, -0.1) is 12.4 Å². The predicted molar refractivity (Wildman–Crippen MR) is 106 cm³/mol. The molecule has 0 aromatic heterocycles. The van der Waals surface area contributed by atoms with E-state index in [0.29, 0.717) is 12.2 Å². The van der Waals surface area contributed by atoms with E-state index >= 15 is 0 Å². The Kier molecular flexibility index (Phi) is 9.15. The van der Waals surface area contributed by atoms with Crippen LogP contribution in [-0.2, 0) is 0 Å². The largest absolute Gasteiger partial charge is 0.490 e. The summed E-state index contributed by atoms with van der Waals surface area (Å²) in [5.41, 5.74) is 1.01. The van der Waals surface area contributed by atoms with Gasteiger partial charge in [0, 0.05) is 32.6 Å². The Labute approximate surface area is 170 Å². The topological polar surface area (TPSA) is 42.0 Å². The van der Waals surface area contributed by atoms with Crippen molar-refractivity contribution in [1.29, 1.82) is 0 Å². The van der Waals surface area contributed by atoms with E-state index in [9.17, 15) is 13.6 Å². The number of benzene rings is 2. The van der Waals surface area contributed by atoms with Crippen LogP contribution in [0.5, 0.6) is 11.5 Å². The van der Waals surface area contributed by atoms with E-state index in [0.717, 1.165) is 17.7 Å². The Morgan fingerprint density at radius 3 is 2.21 bits per heavy atom. The highest BCUT2D eigenvalue weighted by atomic mass is 35.5. The summed E-state index contributed by atoms with van der Waals surface area (Å²) < 4.78 is 37.2. The lowest BCUT2D eigenvalue weighted by atomic mass is 10.0. The van der Waals surface area contributed by atoms with Crippen LogP contribution in [-0.4, -0.2) is 50.7 Å². The number of amides is 1. The minimum absolute atomic E-state index is 0. The van der Waals surface area contributed by atoms with E-state index in [1.54, 1.807) is 26.2 Å². The second kappa shape index (κ2) is 10.8. The van der Waals surface area contributed by atoms with Crippen molar-refractivity contribution in [3.63, 3.8) is 0 Å². The molecule has 0 aliphatic heterocycles. The van der Waals surface area contributed by atoms with Crippen molar-refractivity contribution >= 4 is 18.5 Å². The standard InChI is InChI=1S/C20H24F2N2O3.ClH/c1-23(2)18(11-12-26-19-10-7-15(21)13-17(19)22)14-5-8-16(9-6-14)27-20(25)24(3)4;/h5-10,13,18H,11-12H2,1-4H3;1H. The normalized spacial score (nSPS) is 11.5. The summed E-state index contributed by atoms with van der Waals surface area (Å²) in [7, 11) is 7.09. The second-order valence-electron chi connectivity index (χ2n) is 6.52. The first kappa shape index (κ1) is 23.7. The zero-order valence-electron chi connectivity index (χ0n) is 16.3. The fourth-order valence-corrected chi connectivity index (χ4v) is 2.55. The van der Waals surface area contributed by atoms with Gasteiger partial charge in [-0.25, -0.2) is 13.6 Å². The summed E-state index contributed by atoms with van der Waals surface area (Å²) in [6.07, 6.45) is 0.155. The van der Waals surface area contributed by atoms with Crippen molar-refractivity contribution in [2.45, 2.75) is 12.5 Å². The number of carbonyl (C=O) groups is 1. The molecule has 0 aliphatic carbocycles. The number of carbonyl (C=O) groups excluding carboxylic acids is 1. The Morgan fingerprint density at radius 2 is 1.68 bits per heavy atom. The van der Waals surface area contributed by atoms with Gasteiger partial charge in [-0.05, 0) is 43.9 Å². The van der Waals surface area contributed by atoms with Crippen molar-refractivity contribution in [2.24, 2.45) is 0 Å². The molecular formula is C20H25ClF2N2O3. The van der Waals surface area contributed by atoms with E-state index in [1.165, 1.54) is 11.0 Å². The molecule has 0 saturated carbocycles. The van der Waals surface area contributed by atoms with Gasteiger partial charge in [0.25, 0.3) is 0 Å². The van der Waals surface area contributed by atoms with Crippen LogP contribution in [0.4, 0.5) is 13.6 Å². The number of ether oxygens (including phenoxy) is 2. The highest BCUT2D eigenvalue weighted by Crippen LogP contribution is 2.25. The highest BCUT2D eigenvalue weighted by Gasteiger charge is 2.16. The number of rotatable bonds is 7. The summed E-state index contributed by atoms with van der Waals surface area (Å²) in [5, 5.41) is 0. The molecule has 0 saturated heterocycles. The van der Waals surface area contributed by atoms with Crippen molar-refractivity contribution in [1.82, 2.24) is 9.80 Å².